The number of para-hydroxylation sites is 1. The molecule has 0 N–H and O–H groups in total. The monoisotopic (exact) mass is 478 g/mol. The number of imide groups is 2. The van der Waals surface area contributed by atoms with Crippen LogP contribution in [0.3, 0.4) is 0 Å². The topological polar surface area (TPSA) is 74.8 Å². The standard InChI is InChI=1S/C30H26N2O4/c1-15-7-5-8-16(2)25(15)31-27(33)19-11-13-21-24-22(14-12-20(23(19)24)28(31)34)30(36)32(29(21)35)26-17(3)9-6-10-18(26)4/h5-15,23-25H,1-4H3. The molecule has 1 aromatic carbocycles. The first-order chi connectivity index (χ1) is 17.2. The first kappa shape index (κ1) is 22.4. The van der Waals surface area contributed by atoms with Crippen molar-refractivity contribution in [2.45, 2.75) is 33.7 Å². The number of carbonyl (C=O) groups excluding carboxylic acids is 4. The number of carbonyl (C=O) groups is 4. The summed E-state index contributed by atoms with van der Waals surface area (Å²) >= 11 is 0. The number of rotatable bonds is 2. The molecule has 6 heteroatoms. The maximum absolute atomic E-state index is 13.8. The number of allylic oxidation sites excluding steroid dienone is 6. The Balaban J connectivity index is 1.50. The minimum atomic E-state index is -0.638. The van der Waals surface area contributed by atoms with Gasteiger partial charge in [0.25, 0.3) is 23.6 Å². The summed E-state index contributed by atoms with van der Waals surface area (Å²) in [4.78, 5) is 57.7. The average Bonchev–Trinajstić information content (AvgIpc) is 2.84. The fourth-order valence-electron chi connectivity index (χ4n) is 6.42. The van der Waals surface area contributed by atoms with Crippen molar-refractivity contribution in [3.8, 4) is 0 Å². The van der Waals surface area contributed by atoms with Gasteiger partial charge in [-0.15, -0.1) is 0 Å². The molecule has 1 aromatic rings. The zero-order chi connectivity index (χ0) is 25.5. The largest absolute Gasteiger partial charge is 0.269 e. The van der Waals surface area contributed by atoms with Crippen molar-refractivity contribution in [1.29, 1.82) is 0 Å². The van der Waals surface area contributed by atoms with E-state index in [1.165, 1.54) is 9.80 Å². The number of nitrogens with zero attached hydrogens (tertiary/aromatic N) is 2. The van der Waals surface area contributed by atoms with Crippen LogP contribution in [-0.2, 0) is 19.2 Å². The van der Waals surface area contributed by atoms with E-state index in [2.05, 4.69) is 0 Å². The number of piperidine rings is 2. The fraction of sp³-hybridized carbons (Fsp3) is 0.267. The van der Waals surface area contributed by atoms with Gasteiger partial charge in [-0.2, -0.15) is 0 Å². The van der Waals surface area contributed by atoms with Crippen molar-refractivity contribution in [2.24, 2.45) is 17.8 Å². The Morgan fingerprint density at radius 1 is 0.667 bits per heavy atom. The predicted molar refractivity (Wildman–Crippen MR) is 135 cm³/mol. The first-order valence-electron chi connectivity index (χ1n) is 12.2. The zero-order valence-electron chi connectivity index (χ0n) is 20.6. The second-order valence-corrected chi connectivity index (χ2v) is 10.2. The highest BCUT2D eigenvalue weighted by atomic mass is 16.2. The van der Waals surface area contributed by atoms with Gasteiger partial charge in [-0.05, 0) is 43.4 Å². The Bertz CT molecular complexity index is 1400. The minimum absolute atomic E-state index is 0.0196. The smallest absolute Gasteiger partial charge is 0.261 e. The average molecular weight is 479 g/mol. The summed E-state index contributed by atoms with van der Waals surface area (Å²) in [5.41, 5.74) is 4.95. The molecule has 2 fully saturated rings. The van der Waals surface area contributed by atoms with Crippen molar-refractivity contribution >= 4 is 29.3 Å². The Morgan fingerprint density at radius 3 is 1.61 bits per heavy atom. The molecule has 0 saturated carbocycles. The third kappa shape index (κ3) is 2.84. The van der Waals surface area contributed by atoms with Crippen molar-refractivity contribution in [3.05, 3.63) is 99.7 Å². The van der Waals surface area contributed by atoms with Gasteiger partial charge >= 0.3 is 0 Å². The van der Waals surface area contributed by atoms with E-state index < -0.39 is 23.7 Å². The molecule has 6 nitrogen and oxygen atoms in total. The number of aryl methyl sites for hydroxylation is 2. The lowest BCUT2D eigenvalue weighted by molar-refractivity contribution is -0.146. The molecule has 2 saturated heterocycles. The Hall–Kier alpha value is -4.06. The molecule has 36 heavy (non-hydrogen) atoms. The van der Waals surface area contributed by atoms with Crippen molar-refractivity contribution in [1.82, 2.24) is 4.90 Å². The van der Waals surface area contributed by atoms with Crippen molar-refractivity contribution in [2.75, 3.05) is 4.90 Å². The number of benzene rings is 1. The summed E-state index contributed by atoms with van der Waals surface area (Å²) in [5.74, 6) is -2.79. The molecule has 0 bridgehead atoms. The predicted octanol–water partition coefficient (Wildman–Crippen LogP) is 4.03. The van der Waals surface area contributed by atoms with E-state index in [0.29, 0.717) is 28.0 Å². The van der Waals surface area contributed by atoms with Crippen LogP contribution in [0.15, 0.2) is 88.6 Å². The van der Waals surface area contributed by atoms with Gasteiger partial charge in [0.1, 0.15) is 0 Å². The lowest BCUT2D eigenvalue weighted by Crippen LogP contribution is -2.58. The maximum Gasteiger partial charge on any atom is 0.261 e. The summed E-state index contributed by atoms with van der Waals surface area (Å²) < 4.78 is 0. The summed E-state index contributed by atoms with van der Waals surface area (Å²) in [7, 11) is 0. The SMILES string of the molecule is CC1=CC=CC(C)C1N1C(=O)C2=CC=C3C(=O)N(c4c(C)cccc4C)C(=O)C4=CC=C(C1=O)C2C34. The van der Waals surface area contributed by atoms with Crippen LogP contribution in [0, 0.1) is 31.6 Å². The van der Waals surface area contributed by atoms with Gasteiger partial charge in [-0.25, -0.2) is 4.90 Å². The number of amides is 4. The second-order valence-electron chi connectivity index (χ2n) is 10.2. The summed E-state index contributed by atoms with van der Waals surface area (Å²) in [6.07, 6.45) is 12.6. The molecule has 6 rings (SSSR count). The quantitative estimate of drug-likeness (QED) is 0.602. The van der Waals surface area contributed by atoms with Crippen LogP contribution in [0.1, 0.15) is 25.0 Å². The van der Waals surface area contributed by atoms with Crippen LogP contribution in [0.5, 0.6) is 0 Å². The van der Waals surface area contributed by atoms with E-state index in [-0.39, 0.29) is 23.8 Å². The van der Waals surface area contributed by atoms with Crippen LogP contribution < -0.4 is 4.90 Å². The Morgan fingerprint density at radius 2 is 1.14 bits per heavy atom. The second kappa shape index (κ2) is 7.72. The normalized spacial score (nSPS) is 28.8. The highest BCUT2D eigenvalue weighted by Crippen LogP contribution is 2.51. The third-order valence-corrected chi connectivity index (χ3v) is 8.07. The van der Waals surface area contributed by atoms with Gasteiger partial charge in [-0.1, -0.05) is 67.7 Å². The molecule has 2 unspecified atom stereocenters. The van der Waals surface area contributed by atoms with Gasteiger partial charge < -0.3 is 0 Å². The van der Waals surface area contributed by atoms with Crippen molar-refractivity contribution in [3.63, 3.8) is 0 Å². The van der Waals surface area contributed by atoms with E-state index in [9.17, 15) is 19.2 Å². The highest BCUT2D eigenvalue weighted by Gasteiger charge is 2.55. The van der Waals surface area contributed by atoms with Gasteiger partial charge in [0.05, 0.1) is 11.7 Å². The molecule has 0 radical (unpaired) electrons. The van der Waals surface area contributed by atoms with E-state index in [1.54, 1.807) is 24.3 Å². The van der Waals surface area contributed by atoms with E-state index in [0.717, 1.165) is 16.7 Å². The van der Waals surface area contributed by atoms with Gasteiger partial charge in [0, 0.05) is 34.1 Å². The fourth-order valence-corrected chi connectivity index (χ4v) is 6.42. The molecule has 2 heterocycles. The third-order valence-electron chi connectivity index (χ3n) is 8.07. The van der Waals surface area contributed by atoms with Crippen LogP contribution in [0.2, 0.25) is 0 Å². The maximum atomic E-state index is 13.8. The molecule has 3 aliphatic carbocycles. The van der Waals surface area contributed by atoms with Crippen LogP contribution in [0.4, 0.5) is 5.69 Å². The molecule has 5 aliphatic rings. The van der Waals surface area contributed by atoms with Gasteiger partial charge in [-0.3, -0.25) is 24.1 Å². The summed E-state index contributed by atoms with van der Waals surface area (Å²) in [6, 6.07) is 5.27. The van der Waals surface area contributed by atoms with E-state index in [1.807, 2.05) is 64.1 Å². The van der Waals surface area contributed by atoms with Crippen LogP contribution >= 0.6 is 0 Å². The Labute approximate surface area is 209 Å². The highest BCUT2D eigenvalue weighted by molar-refractivity contribution is 6.31. The molecular weight excluding hydrogens is 452 g/mol. The van der Waals surface area contributed by atoms with E-state index in [4.69, 9.17) is 0 Å². The minimum Gasteiger partial charge on any atom is -0.269 e. The molecular formula is C30H26N2O4. The summed E-state index contributed by atoms with van der Waals surface area (Å²) in [5, 5.41) is 0. The first-order valence-corrected chi connectivity index (χ1v) is 12.2. The Kier molecular flexibility index (Phi) is 4.80. The molecule has 0 spiro atoms. The number of anilines is 1. The van der Waals surface area contributed by atoms with E-state index >= 15 is 0 Å². The molecule has 2 atom stereocenters. The lowest BCUT2D eigenvalue weighted by Gasteiger charge is -2.48. The van der Waals surface area contributed by atoms with Gasteiger partial charge in [0.15, 0.2) is 0 Å². The van der Waals surface area contributed by atoms with Crippen molar-refractivity contribution < 1.29 is 19.2 Å². The lowest BCUT2D eigenvalue weighted by atomic mass is 9.63. The molecule has 0 aromatic heterocycles. The van der Waals surface area contributed by atoms with Crippen LogP contribution in [0.25, 0.3) is 0 Å². The number of likely N-dealkylation sites (tertiary alicyclic amines) is 1. The molecule has 4 amide bonds. The number of hydrogen-bond acceptors (Lipinski definition) is 4. The number of hydrogen-bond donors (Lipinski definition) is 0. The zero-order valence-corrected chi connectivity index (χ0v) is 20.6. The van der Waals surface area contributed by atoms with Gasteiger partial charge in [0.2, 0.25) is 0 Å². The molecule has 2 aliphatic heterocycles. The summed E-state index contributed by atoms with van der Waals surface area (Å²) in [6.45, 7) is 7.67. The molecule has 180 valence electrons. The van der Waals surface area contributed by atoms with Crippen LogP contribution in [-0.4, -0.2) is 34.6 Å².